The van der Waals surface area contributed by atoms with Gasteiger partial charge in [-0.05, 0) is 41.3 Å². The van der Waals surface area contributed by atoms with Crippen molar-refractivity contribution >= 4 is 49.9 Å². The van der Waals surface area contributed by atoms with Crippen molar-refractivity contribution in [1.29, 1.82) is 5.26 Å². The molecular weight excluding hydrogens is 496 g/mol. The highest BCUT2D eigenvalue weighted by Gasteiger charge is 2.31. The SMILES string of the molecule is N#CC1CN(C(=O)c2cc3ccc(-c4nc(Nc5ccc(-c6cn[nH]c6)cc5)c5sccc5n4)cc3[nH]2)C1. The minimum atomic E-state index is -0.0875. The molecule has 5 heterocycles. The molecule has 1 fully saturated rings. The number of rotatable bonds is 5. The molecule has 0 saturated carbocycles. The number of fused-ring (bicyclic) bond motifs is 2. The Balaban J connectivity index is 1.19. The Kier molecular flexibility index (Phi) is 5.16. The van der Waals surface area contributed by atoms with Crippen molar-refractivity contribution < 1.29 is 4.79 Å². The van der Waals surface area contributed by atoms with Crippen LogP contribution >= 0.6 is 11.3 Å². The van der Waals surface area contributed by atoms with Crippen LogP contribution in [0.1, 0.15) is 10.5 Å². The van der Waals surface area contributed by atoms with Gasteiger partial charge in [0.1, 0.15) is 5.69 Å². The third-order valence-corrected chi connectivity index (χ3v) is 7.66. The van der Waals surface area contributed by atoms with Crippen LogP contribution in [0.5, 0.6) is 0 Å². The molecule has 0 bridgehead atoms. The zero-order chi connectivity index (χ0) is 25.6. The van der Waals surface area contributed by atoms with Gasteiger partial charge < -0.3 is 15.2 Å². The van der Waals surface area contributed by atoms with E-state index in [0.717, 1.165) is 49.3 Å². The van der Waals surface area contributed by atoms with E-state index in [1.54, 1.807) is 22.4 Å². The largest absolute Gasteiger partial charge is 0.351 e. The average molecular weight is 517 g/mol. The van der Waals surface area contributed by atoms with Gasteiger partial charge in [0.05, 0.1) is 28.4 Å². The van der Waals surface area contributed by atoms with E-state index in [4.69, 9.17) is 15.2 Å². The Labute approximate surface area is 220 Å². The van der Waals surface area contributed by atoms with Gasteiger partial charge in [0, 0.05) is 47.0 Å². The van der Waals surface area contributed by atoms with Crippen LogP contribution in [-0.2, 0) is 0 Å². The number of aromatic amines is 2. The maximum absolute atomic E-state index is 12.8. The van der Waals surface area contributed by atoms with Crippen molar-refractivity contribution in [1.82, 2.24) is 30.0 Å². The molecule has 1 aliphatic heterocycles. The Hall–Kier alpha value is -5.01. The zero-order valence-electron chi connectivity index (χ0n) is 20.0. The number of H-pyrrole nitrogens is 2. The second kappa shape index (κ2) is 8.83. The minimum Gasteiger partial charge on any atom is -0.351 e. The molecule has 10 heteroatoms. The van der Waals surface area contributed by atoms with Gasteiger partial charge in [-0.3, -0.25) is 9.89 Å². The van der Waals surface area contributed by atoms with Crippen LogP contribution in [0.4, 0.5) is 11.5 Å². The lowest BCUT2D eigenvalue weighted by Crippen LogP contribution is -2.49. The maximum atomic E-state index is 12.8. The molecule has 3 N–H and O–H groups in total. The summed E-state index contributed by atoms with van der Waals surface area (Å²) in [4.78, 5) is 27.4. The number of nitrogens with one attached hydrogen (secondary N) is 3. The number of carbonyl (C=O) groups excluding carboxylic acids is 1. The Morgan fingerprint density at radius 1 is 1.05 bits per heavy atom. The standard InChI is InChI=1S/C28H20N8OS/c29-11-16-14-36(15-16)28(37)24-9-18-1-2-19(10-23(18)33-24)26-34-22-7-8-38-25(22)27(35-26)32-21-5-3-17(4-6-21)20-12-30-31-13-20/h1-10,12-13,16,33H,14-15H2,(H,30,31)(H,32,34,35). The molecule has 9 nitrogen and oxygen atoms in total. The van der Waals surface area contributed by atoms with Crippen LogP contribution in [0.15, 0.2) is 72.4 Å². The van der Waals surface area contributed by atoms with Gasteiger partial charge in [0.2, 0.25) is 0 Å². The summed E-state index contributed by atoms with van der Waals surface area (Å²) in [5, 5.41) is 22.3. The van der Waals surface area contributed by atoms with Crippen molar-refractivity contribution in [3.05, 3.63) is 78.1 Å². The molecule has 38 heavy (non-hydrogen) atoms. The van der Waals surface area contributed by atoms with Crippen LogP contribution in [0.25, 0.3) is 43.6 Å². The summed E-state index contributed by atoms with van der Waals surface area (Å²) in [6.45, 7) is 0.957. The number of aromatic nitrogens is 5. The van der Waals surface area contributed by atoms with E-state index < -0.39 is 0 Å². The smallest absolute Gasteiger partial charge is 0.270 e. The van der Waals surface area contributed by atoms with Crippen molar-refractivity contribution in [2.45, 2.75) is 0 Å². The van der Waals surface area contributed by atoms with E-state index in [9.17, 15) is 4.79 Å². The number of anilines is 2. The number of thiophene rings is 1. The molecule has 1 amide bonds. The molecule has 2 aromatic carbocycles. The topological polar surface area (TPSA) is 126 Å². The van der Waals surface area contributed by atoms with Gasteiger partial charge in [0.15, 0.2) is 11.6 Å². The number of benzene rings is 2. The monoisotopic (exact) mass is 516 g/mol. The first-order chi connectivity index (χ1) is 18.6. The summed E-state index contributed by atoms with van der Waals surface area (Å²) in [5.41, 5.74) is 6.09. The minimum absolute atomic E-state index is 0.0729. The van der Waals surface area contributed by atoms with Gasteiger partial charge in [-0.2, -0.15) is 10.4 Å². The summed E-state index contributed by atoms with van der Waals surface area (Å²) in [6, 6.07) is 20.1. The number of hydrogen-bond acceptors (Lipinski definition) is 7. The second-order valence-electron chi connectivity index (χ2n) is 9.24. The molecule has 7 rings (SSSR count). The highest BCUT2D eigenvalue weighted by Crippen LogP contribution is 2.33. The molecule has 0 spiro atoms. The van der Waals surface area contributed by atoms with Gasteiger partial charge in [0.25, 0.3) is 5.91 Å². The first-order valence-electron chi connectivity index (χ1n) is 12.1. The van der Waals surface area contributed by atoms with E-state index in [0.29, 0.717) is 24.6 Å². The van der Waals surface area contributed by atoms with E-state index >= 15 is 0 Å². The zero-order valence-corrected chi connectivity index (χ0v) is 20.8. The van der Waals surface area contributed by atoms with Gasteiger partial charge >= 0.3 is 0 Å². The highest BCUT2D eigenvalue weighted by molar-refractivity contribution is 7.17. The van der Waals surface area contributed by atoms with E-state index in [-0.39, 0.29) is 11.8 Å². The lowest BCUT2D eigenvalue weighted by molar-refractivity contribution is 0.0572. The van der Waals surface area contributed by atoms with E-state index in [1.807, 2.05) is 66.2 Å². The second-order valence-corrected chi connectivity index (χ2v) is 10.2. The predicted molar refractivity (Wildman–Crippen MR) is 147 cm³/mol. The third-order valence-electron chi connectivity index (χ3n) is 6.75. The van der Waals surface area contributed by atoms with E-state index in [2.05, 4.69) is 26.6 Å². The molecule has 6 aromatic rings. The van der Waals surface area contributed by atoms with E-state index in [1.165, 1.54) is 0 Å². The third kappa shape index (κ3) is 3.86. The molecule has 0 unspecified atom stereocenters. The normalized spacial score (nSPS) is 13.5. The van der Waals surface area contributed by atoms with Crippen molar-refractivity contribution in [2.75, 3.05) is 18.4 Å². The maximum Gasteiger partial charge on any atom is 0.270 e. The average Bonchev–Trinajstić information content (AvgIpc) is 3.69. The lowest BCUT2D eigenvalue weighted by Gasteiger charge is -2.34. The quantitative estimate of drug-likeness (QED) is 0.275. The first-order valence-corrected chi connectivity index (χ1v) is 13.0. The molecule has 0 atom stereocenters. The number of nitriles is 1. The Morgan fingerprint density at radius 3 is 2.68 bits per heavy atom. The van der Waals surface area contributed by atoms with Crippen LogP contribution in [0.2, 0.25) is 0 Å². The molecule has 184 valence electrons. The van der Waals surface area contributed by atoms with Gasteiger partial charge in [-0.15, -0.1) is 11.3 Å². The molecular formula is C28H20N8OS. The van der Waals surface area contributed by atoms with Crippen molar-refractivity contribution in [3.63, 3.8) is 0 Å². The lowest BCUT2D eigenvalue weighted by atomic mass is 10.0. The summed E-state index contributed by atoms with van der Waals surface area (Å²) >= 11 is 1.59. The van der Waals surface area contributed by atoms with Crippen LogP contribution < -0.4 is 5.32 Å². The van der Waals surface area contributed by atoms with Gasteiger partial charge in [-0.1, -0.05) is 24.3 Å². The number of nitrogens with zero attached hydrogens (tertiary/aromatic N) is 5. The summed E-state index contributed by atoms with van der Waals surface area (Å²) in [5.74, 6) is 1.17. The number of hydrogen-bond donors (Lipinski definition) is 3. The van der Waals surface area contributed by atoms with Crippen LogP contribution in [0.3, 0.4) is 0 Å². The molecule has 0 aliphatic carbocycles. The Morgan fingerprint density at radius 2 is 1.89 bits per heavy atom. The predicted octanol–water partition coefficient (Wildman–Crippen LogP) is 5.57. The van der Waals surface area contributed by atoms with Gasteiger partial charge in [-0.25, -0.2) is 9.97 Å². The number of carbonyl (C=O) groups is 1. The highest BCUT2D eigenvalue weighted by atomic mass is 32.1. The van der Waals surface area contributed by atoms with Crippen LogP contribution in [0, 0.1) is 17.2 Å². The molecule has 0 radical (unpaired) electrons. The number of amides is 1. The summed E-state index contributed by atoms with van der Waals surface area (Å²) in [7, 11) is 0. The fourth-order valence-corrected chi connectivity index (χ4v) is 5.42. The fraction of sp³-hybridized carbons (Fsp3) is 0.107. The van der Waals surface area contributed by atoms with Crippen molar-refractivity contribution in [2.24, 2.45) is 5.92 Å². The molecule has 1 aliphatic rings. The molecule has 4 aromatic heterocycles. The molecule has 1 saturated heterocycles. The first kappa shape index (κ1) is 22.2. The Bertz CT molecular complexity index is 1840. The van der Waals surface area contributed by atoms with Crippen molar-refractivity contribution in [3.8, 4) is 28.6 Å². The fourth-order valence-electron chi connectivity index (χ4n) is 4.65. The summed E-state index contributed by atoms with van der Waals surface area (Å²) in [6.07, 6.45) is 3.66. The summed E-state index contributed by atoms with van der Waals surface area (Å²) < 4.78 is 0.978. The number of likely N-dealkylation sites (tertiary alicyclic amines) is 1. The van der Waals surface area contributed by atoms with Crippen LogP contribution in [-0.4, -0.2) is 49.0 Å².